The van der Waals surface area contributed by atoms with Gasteiger partial charge in [0, 0.05) is 0 Å². The molecular weight excluding hydrogens is 288 g/mol. The van der Waals surface area contributed by atoms with Gasteiger partial charge in [-0.1, -0.05) is 32.6 Å². The first-order valence-electron chi connectivity index (χ1n) is 9.17. The van der Waals surface area contributed by atoms with E-state index in [1.807, 2.05) is 19.1 Å². The standard InChI is InChI=1S/C20H30O3/c1-3-5-6-7-16-8-10-17(11-9-16)20(21)23-19-14-12-18(13-15-19)22-4-2/h12-17H,3-11H2,1-2H3/t16-,17-. The fourth-order valence-corrected chi connectivity index (χ4v) is 3.34. The van der Waals surface area contributed by atoms with Crippen LogP contribution in [-0.4, -0.2) is 12.6 Å². The summed E-state index contributed by atoms with van der Waals surface area (Å²) < 4.78 is 10.9. The molecule has 1 aliphatic rings. The monoisotopic (exact) mass is 318 g/mol. The molecule has 1 aliphatic carbocycles. The summed E-state index contributed by atoms with van der Waals surface area (Å²) in [6, 6.07) is 7.30. The molecule has 3 heteroatoms. The van der Waals surface area contributed by atoms with Gasteiger partial charge >= 0.3 is 5.97 Å². The molecule has 2 rings (SSSR count). The number of unbranched alkanes of at least 4 members (excludes halogenated alkanes) is 2. The first-order valence-corrected chi connectivity index (χ1v) is 9.17. The summed E-state index contributed by atoms with van der Waals surface area (Å²) in [6.07, 6.45) is 9.58. The fraction of sp³-hybridized carbons (Fsp3) is 0.650. The van der Waals surface area contributed by atoms with Gasteiger partial charge in [-0.15, -0.1) is 0 Å². The summed E-state index contributed by atoms with van der Waals surface area (Å²) in [7, 11) is 0. The van der Waals surface area contributed by atoms with Crippen molar-refractivity contribution in [1.82, 2.24) is 0 Å². The van der Waals surface area contributed by atoms with Crippen molar-refractivity contribution >= 4 is 5.97 Å². The number of esters is 1. The summed E-state index contributed by atoms with van der Waals surface area (Å²) >= 11 is 0. The number of ether oxygens (including phenoxy) is 2. The molecular formula is C20H30O3. The van der Waals surface area contributed by atoms with Crippen molar-refractivity contribution in [2.75, 3.05) is 6.61 Å². The molecule has 0 saturated heterocycles. The van der Waals surface area contributed by atoms with Crippen molar-refractivity contribution in [3.63, 3.8) is 0 Å². The molecule has 0 bridgehead atoms. The molecule has 0 radical (unpaired) electrons. The third-order valence-corrected chi connectivity index (χ3v) is 4.75. The number of hydrogen-bond acceptors (Lipinski definition) is 3. The van der Waals surface area contributed by atoms with Crippen molar-refractivity contribution in [3.8, 4) is 11.5 Å². The van der Waals surface area contributed by atoms with E-state index in [9.17, 15) is 4.79 Å². The van der Waals surface area contributed by atoms with Crippen LogP contribution in [0.2, 0.25) is 0 Å². The van der Waals surface area contributed by atoms with Gasteiger partial charge < -0.3 is 9.47 Å². The molecule has 1 fully saturated rings. The Hall–Kier alpha value is -1.51. The normalized spacial score (nSPS) is 21.0. The Bertz CT molecular complexity index is 458. The van der Waals surface area contributed by atoms with E-state index in [0.29, 0.717) is 12.4 Å². The van der Waals surface area contributed by atoms with Crippen molar-refractivity contribution in [1.29, 1.82) is 0 Å². The van der Waals surface area contributed by atoms with E-state index in [-0.39, 0.29) is 11.9 Å². The van der Waals surface area contributed by atoms with Gasteiger partial charge in [0.05, 0.1) is 12.5 Å². The molecule has 3 nitrogen and oxygen atoms in total. The van der Waals surface area contributed by atoms with Crippen molar-refractivity contribution in [2.24, 2.45) is 11.8 Å². The van der Waals surface area contributed by atoms with Crippen LogP contribution in [-0.2, 0) is 4.79 Å². The van der Waals surface area contributed by atoms with Crippen LogP contribution >= 0.6 is 0 Å². The molecule has 0 spiro atoms. The minimum Gasteiger partial charge on any atom is -0.494 e. The summed E-state index contributed by atoms with van der Waals surface area (Å²) in [6.45, 7) is 4.83. The van der Waals surface area contributed by atoms with Gasteiger partial charge in [0.1, 0.15) is 11.5 Å². The first kappa shape index (κ1) is 17.8. The van der Waals surface area contributed by atoms with Crippen LogP contribution in [0.4, 0.5) is 0 Å². The molecule has 0 aromatic heterocycles. The molecule has 0 heterocycles. The maximum absolute atomic E-state index is 12.3. The Morgan fingerprint density at radius 1 is 1.00 bits per heavy atom. The highest BCUT2D eigenvalue weighted by molar-refractivity contribution is 5.75. The highest BCUT2D eigenvalue weighted by atomic mass is 16.5. The predicted molar refractivity (Wildman–Crippen MR) is 92.8 cm³/mol. The van der Waals surface area contributed by atoms with Crippen LogP contribution < -0.4 is 9.47 Å². The summed E-state index contributed by atoms with van der Waals surface area (Å²) in [5.74, 6) is 2.24. The Morgan fingerprint density at radius 2 is 1.65 bits per heavy atom. The molecule has 0 atom stereocenters. The number of benzene rings is 1. The van der Waals surface area contributed by atoms with E-state index >= 15 is 0 Å². The van der Waals surface area contributed by atoms with E-state index in [1.165, 1.54) is 38.5 Å². The molecule has 0 unspecified atom stereocenters. The van der Waals surface area contributed by atoms with Gasteiger partial charge in [0.15, 0.2) is 0 Å². The van der Waals surface area contributed by atoms with Gasteiger partial charge in [0.2, 0.25) is 0 Å². The zero-order valence-electron chi connectivity index (χ0n) is 14.6. The second-order valence-electron chi connectivity index (χ2n) is 6.54. The third kappa shape index (κ3) is 5.89. The fourth-order valence-electron chi connectivity index (χ4n) is 3.34. The lowest BCUT2D eigenvalue weighted by atomic mass is 9.80. The Morgan fingerprint density at radius 3 is 2.26 bits per heavy atom. The summed E-state index contributed by atoms with van der Waals surface area (Å²) in [5, 5.41) is 0. The van der Waals surface area contributed by atoms with Crippen LogP contribution in [0.25, 0.3) is 0 Å². The average molecular weight is 318 g/mol. The van der Waals surface area contributed by atoms with Crippen molar-refractivity contribution in [3.05, 3.63) is 24.3 Å². The zero-order valence-corrected chi connectivity index (χ0v) is 14.6. The first-order chi connectivity index (χ1) is 11.2. The second-order valence-corrected chi connectivity index (χ2v) is 6.54. The van der Waals surface area contributed by atoms with E-state index in [2.05, 4.69) is 6.92 Å². The van der Waals surface area contributed by atoms with Crippen molar-refractivity contribution < 1.29 is 14.3 Å². The molecule has 128 valence electrons. The van der Waals surface area contributed by atoms with E-state index in [1.54, 1.807) is 12.1 Å². The van der Waals surface area contributed by atoms with Gasteiger partial charge in [-0.05, 0) is 62.8 Å². The number of rotatable bonds is 8. The quantitative estimate of drug-likeness (QED) is 0.367. The summed E-state index contributed by atoms with van der Waals surface area (Å²) in [4.78, 5) is 12.3. The van der Waals surface area contributed by atoms with E-state index in [4.69, 9.17) is 9.47 Å². The average Bonchev–Trinajstić information content (AvgIpc) is 2.58. The minimum atomic E-state index is -0.0684. The number of hydrogen-bond donors (Lipinski definition) is 0. The second kappa shape index (κ2) is 9.59. The SMILES string of the molecule is CCCCC[C@H]1CC[C@H](C(=O)Oc2ccc(OCC)cc2)CC1. The zero-order chi connectivity index (χ0) is 16.5. The molecule has 0 N–H and O–H groups in total. The van der Waals surface area contributed by atoms with Crippen molar-refractivity contribution in [2.45, 2.75) is 65.2 Å². The highest BCUT2D eigenvalue weighted by Gasteiger charge is 2.27. The molecule has 1 aromatic rings. The lowest BCUT2D eigenvalue weighted by molar-refractivity contribution is -0.140. The van der Waals surface area contributed by atoms with E-state index < -0.39 is 0 Å². The minimum absolute atomic E-state index is 0.0684. The van der Waals surface area contributed by atoms with Crippen LogP contribution in [0.5, 0.6) is 11.5 Å². The maximum atomic E-state index is 12.3. The third-order valence-electron chi connectivity index (χ3n) is 4.75. The lowest BCUT2D eigenvalue weighted by Gasteiger charge is -2.27. The molecule has 1 aromatic carbocycles. The Labute approximate surface area is 140 Å². The van der Waals surface area contributed by atoms with Crippen LogP contribution in [0.15, 0.2) is 24.3 Å². The number of carbonyl (C=O) groups is 1. The topological polar surface area (TPSA) is 35.5 Å². The Balaban J connectivity index is 1.74. The predicted octanol–water partition coefficient (Wildman–Crippen LogP) is 5.38. The van der Waals surface area contributed by atoms with Crippen LogP contribution in [0.1, 0.15) is 65.2 Å². The van der Waals surface area contributed by atoms with E-state index in [0.717, 1.165) is 24.5 Å². The molecule has 0 aliphatic heterocycles. The van der Waals surface area contributed by atoms with Gasteiger partial charge in [-0.25, -0.2) is 0 Å². The van der Waals surface area contributed by atoms with Crippen LogP contribution in [0, 0.1) is 11.8 Å². The molecule has 0 amide bonds. The van der Waals surface area contributed by atoms with Gasteiger partial charge in [-0.3, -0.25) is 4.79 Å². The lowest BCUT2D eigenvalue weighted by Crippen LogP contribution is -2.25. The molecule has 1 saturated carbocycles. The van der Waals surface area contributed by atoms with Gasteiger partial charge in [0.25, 0.3) is 0 Å². The molecule has 23 heavy (non-hydrogen) atoms. The number of carbonyl (C=O) groups excluding carboxylic acids is 1. The smallest absolute Gasteiger partial charge is 0.314 e. The van der Waals surface area contributed by atoms with Crippen LogP contribution in [0.3, 0.4) is 0 Å². The Kier molecular flexibility index (Phi) is 7.44. The summed E-state index contributed by atoms with van der Waals surface area (Å²) in [5.41, 5.74) is 0. The van der Waals surface area contributed by atoms with Gasteiger partial charge in [-0.2, -0.15) is 0 Å². The largest absolute Gasteiger partial charge is 0.494 e. The maximum Gasteiger partial charge on any atom is 0.314 e. The highest BCUT2D eigenvalue weighted by Crippen LogP contribution is 2.33.